The predicted molar refractivity (Wildman–Crippen MR) is 200 cm³/mol. The van der Waals surface area contributed by atoms with Gasteiger partial charge in [-0.2, -0.15) is 0 Å². The van der Waals surface area contributed by atoms with Gasteiger partial charge >= 0.3 is 0 Å². The Balaban J connectivity index is 0.000000765. The summed E-state index contributed by atoms with van der Waals surface area (Å²) in [6.07, 6.45) is 7.38. The Hall–Kier alpha value is -4.43. The fourth-order valence-electron chi connectivity index (χ4n) is 6.70. The van der Waals surface area contributed by atoms with E-state index in [-0.39, 0.29) is 5.91 Å². The first kappa shape index (κ1) is 34.4. The first-order valence-corrected chi connectivity index (χ1v) is 17.7. The van der Waals surface area contributed by atoms with Gasteiger partial charge in [0, 0.05) is 73.8 Å². The van der Waals surface area contributed by atoms with Crippen LogP contribution in [0, 0.1) is 0 Å². The van der Waals surface area contributed by atoms with Gasteiger partial charge in [0.25, 0.3) is 5.91 Å². The standard InChI is InChI=1S/C38H41N3O3.C4H8O/c1-3-44-37-12-8-7-11-35(37)29-15-18-36-31(25-29)26-30(19-22-41(36)34-9-5-4-6-10-34)38(42)39-32-16-13-28(14-17-32)27-40(2)33-20-23-43-24-21-33;1-2-4-5-3-1/h4-18,25-26,33H,3,19-24,27H2,1-2H3,(H,39,42);1-4H2. The Morgan fingerprint density at radius 2 is 1.59 bits per heavy atom. The Morgan fingerprint density at radius 1 is 0.878 bits per heavy atom. The highest BCUT2D eigenvalue weighted by Crippen LogP contribution is 2.38. The molecule has 0 saturated carbocycles. The lowest BCUT2D eigenvalue weighted by Crippen LogP contribution is -2.36. The summed E-state index contributed by atoms with van der Waals surface area (Å²) in [5, 5.41) is 3.17. The maximum Gasteiger partial charge on any atom is 0.251 e. The molecule has 0 aromatic heterocycles. The van der Waals surface area contributed by atoms with Crippen LogP contribution in [0.15, 0.2) is 103 Å². The van der Waals surface area contributed by atoms with Crippen molar-refractivity contribution in [2.45, 2.75) is 51.6 Å². The van der Waals surface area contributed by atoms with Gasteiger partial charge in [-0.3, -0.25) is 9.69 Å². The fourth-order valence-corrected chi connectivity index (χ4v) is 6.70. The largest absolute Gasteiger partial charge is 0.493 e. The van der Waals surface area contributed by atoms with Crippen molar-refractivity contribution in [3.8, 4) is 16.9 Å². The summed E-state index contributed by atoms with van der Waals surface area (Å²) in [5.41, 5.74) is 8.07. The van der Waals surface area contributed by atoms with Gasteiger partial charge in [-0.15, -0.1) is 0 Å². The minimum Gasteiger partial charge on any atom is -0.493 e. The number of hydrogen-bond donors (Lipinski definition) is 1. The zero-order valence-corrected chi connectivity index (χ0v) is 28.9. The molecule has 0 unspecified atom stereocenters. The van der Waals surface area contributed by atoms with Crippen molar-refractivity contribution in [1.29, 1.82) is 0 Å². The Morgan fingerprint density at radius 3 is 2.31 bits per heavy atom. The highest BCUT2D eigenvalue weighted by Gasteiger charge is 2.22. The van der Waals surface area contributed by atoms with E-state index in [1.807, 2.05) is 43.3 Å². The first-order chi connectivity index (χ1) is 24.1. The number of fused-ring (bicyclic) bond motifs is 1. The molecule has 4 aromatic rings. The Labute approximate surface area is 291 Å². The lowest BCUT2D eigenvalue weighted by molar-refractivity contribution is -0.112. The molecule has 0 bridgehead atoms. The molecule has 7 heteroatoms. The molecule has 256 valence electrons. The van der Waals surface area contributed by atoms with E-state index in [9.17, 15) is 4.79 Å². The number of anilines is 3. The van der Waals surface area contributed by atoms with Crippen LogP contribution in [0.5, 0.6) is 5.75 Å². The lowest BCUT2D eigenvalue weighted by Gasteiger charge is -2.31. The molecule has 0 spiro atoms. The van der Waals surface area contributed by atoms with Gasteiger partial charge in [0.05, 0.1) is 6.61 Å². The summed E-state index contributed by atoms with van der Waals surface area (Å²) in [6.45, 7) is 7.85. The number of nitrogens with zero attached hydrogens (tertiary/aromatic N) is 2. The van der Waals surface area contributed by atoms with Crippen molar-refractivity contribution in [1.82, 2.24) is 4.90 Å². The van der Waals surface area contributed by atoms with E-state index in [0.717, 1.165) is 90.9 Å². The smallest absolute Gasteiger partial charge is 0.251 e. The summed E-state index contributed by atoms with van der Waals surface area (Å²) in [6, 6.07) is 33.8. The molecule has 3 aliphatic heterocycles. The van der Waals surface area contributed by atoms with Crippen LogP contribution in [0.2, 0.25) is 0 Å². The maximum absolute atomic E-state index is 13.7. The third-order valence-electron chi connectivity index (χ3n) is 9.40. The molecule has 2 saturated heterocycles. The quantitative estimate of drug-likeness (QED) is 0.194. The number of ether oxygens (including phenoxy) is 3. The molecular weight excluding hydrogens is 610 g/mol. The number of benzene rings is 4. The highest BCUT2D eigenvalue weighted by atomic mass is 16.5. The van der Waals surface area contributed by atoms with Crippen LogP contribution in [-0.2, 0) is 20.8 Å². The Kier molecular flexibility index (Phi) is 12.2. The second kappa shape index (κ2) is 17.3. The van der Waals surface area contributed by atoms with Crippen LogP contribution in [0.25, 0.3) is 17.2 Å². The monoisotopic (exact) mass is 659 g/mol. The van der Waals surface area contributed by atoms with Gasteiger partial charge in [0.1, 0.15) is 5.75 Å². The average molecular weight is 660 g/mol. The van der Waals surface area contributed by atoms with Crippen molar-refractivity contribution in [2.24, 2.45) is 0 Å². The predicted octanol–water partition coefficient (Wildman–Crippen LogP) is 8.72. The van der Waals surface area contributed by atoms with E-state index in [1.165, 1.54) is 18.4 Å². The summed E-state index contributed by atoms with van der Waals surface area (Å²) in [5.74, 6) is 0.783. The number of nitrogens with one attached hydrogen (secondary N) is 1. The third kappa shape index (κ3) is 9.18. The average Bonchev–Trinajstić information content (AvgIpc) is 3.68. The van der Waals surface area contributed by atoms with Crippen LogP contribution in [0.3, 0.4) is 0 Å². The first-order valence-electron chi connectivity index (χ1n) is 17.7. The summed E-state index contributed by atoms with van der Waals surface area (Å²) in [7, 11) is 2.18. The molecule has 7 nitrogen and oxygen atoms in total. The van der Waals surface area contributed by atoms with E-state index in [2.05, 4.69) is 88.9 Å². The summed E-state index contributed by atoms with van der Waals surface area (Å²) >= 11 is 0. The van der Waals surface area contributed by atoms with Gasteiger partial charge in [0.15, 0.2) is 0 Å². The summed E-state index contributed by atoms with van der Waals surface area (Å²) in [4.78, 5) is 18.4. The number of carbonyl (C=O) groups is 1. The van der Waals surface area contributed by atoms with Gasteiger partial charge in [-0.1, -0.05) is 54.6 Å². The molecule has 1 N–H and O–H groups in total. The Bertz CT molecular complexity index is 1670. The van der Waals surface area contributed by atoms with Crippen LogP contribution in [0.4, 0.5) is 17.1 Å². The molecule has 7 rings (SSSR count). The molecule has 3 aliphatic rings. The molecular formula is C42H49N3O4. The second-order valence-electron chi connectivity index (χ2n) is 12.8. The van der Waals surface area contributed by atoms with Crippen molar-refractivity contribution in [3.05, 3.63) is 114 Å². The van der Waals surface area contributed by atoms with Crippen LogP contribution >= 0.6 is 0 Å². The number of rotatable bonds is 9. The minimum absolute atomic E-state index is 0.0712. The van der Waals surface area contributed by atoms with E-state index < -0.39 is 0 Å². The number of para-hydroxylation sites is 2. The molecule has 2 fully saturated rings. The van der Waals surface area contributed by atoms with Gasteiger partial charge in [0.2, 0.25) is 0 Å². The normalized spacial score (nSPS) is 16.2. The third-order valence-corrected chi connectivity index (χ3v) is 9.40. The van der Waals surface area contributed by atoms with Gasteiger partial charge in [-0.05, 0) is 111 Å². The molecule has 49 heavy (non-hydrogen) atoms. The highest BCUT2D eigenvalue weighted by molar-refractivity contribution is 6.07. The molecule has 0 aliphatic carbocycles. The minimum atomic E-state index is -0.0712. The molecule has 1 amide bonds. The van der Waals surface area contributed by atoms with Crippen molar-refractivity contribution in [2.75, 3.05) is 56.8 Å². The zero-order chi connectivity index (χ0) is 33.8. The van der Waals surface area contributed by atoms with Crippen LogP contribution in [-0.4, -0.2) is 63.5 Å². The van der Waals surface area contributed by atoms with E-state index in [1.54, 1.807) is 0 Å². The SMILES string of the molecule is C1CCOC1.CCOc1ccccc1-c1ccc2c(c1)C=C(C(=O)Nc1ccc(CN(C)C3CCOCC3)cc1)CCN2c1ccccc1. The maximum atomic E-state index is 13.7. The van der Waals surface area contributed by atoms with Gasteiger partial charge < -0.3 is 24.4 Å². The van der Waals surface area contributed by atoms with Crippen LogP contribution < -0.4 is 15.0 Å². The lowest BCUT2D eigenvalue weighted by atomic mass is 9.99. The van der Waals surface area contributed by atoms with Crippen molar-refractivity contribution in [3.63, 3.8) is 0 Å². The molecule has 0 atom stereocenters. The fraction of sp³-hybridized carbons (Fsp3) is 0.357. The van der Waals surface area contributed by atoms with Gasteiger partial charge in [-0.25, -0.2) is 0 Å². The topological polar surface area (TPSA) is 63.3 Å². The number of carbonyl (C=O) groups excluding carboxylic acids is 1. The molecule has 4 aromatic carbocycles. The molecule has 3 heterocycles. The zero-order valence-electron chi connectivity index (χ0n) is 28.9. The van der Waals surface area contributed by atoms with Crippen molar-refractivity contribution >= 4 is 29.0 Å². The van der Waals surface area contributed by atoms with E-state index >= 15 is 0 Å². The molecule has 0 radical (unpaired) electrons. The van der Waals surface area contributed by atoms with Crippen LogP contribution in [0.1, 0.15) is 50.2 Å². The van der Waals surface area contributed by atoms with E-state index in [0.29, 0.717) is 25.6 Å². The van der Waals surface area contributed by atoms with E-state index in [4.69, 9.17) is 14.2 Å². The number of amides is 1. The number of hydrogen-bond acceptors (Lipinski definition) is 6. The second-order valence-corrected chi connectivity index (χ2v) is 12.8. The van der Waals surface area contributed by atoms with Crippen molar-refractivity contribution < 1.29 is 19.0 Å². The summed E-state index contributed by atoms with van der Waals surface area (Å²) < 4.78 is 16.4.